The van der Waals surface area contributed by atoms with Gasteiger partial charge in [-0.2, -0.15) is 0 Å². The fraction of sp³-hybridized carbons (Fsp3) is 0.400. The van der Waals surface area contributed by atoms with Gasteiger partial charge in [-0.25, -0.2) is 9.97 Å². The fourth-order valence-corrected chi connectivity index (χ4v) is 2.39. The monoisotopic (exact) mass is 317 g/mol. The lowest BCUT2D eigenvalue weighted by atomic mass is 10.3. The predicted molar refractivity (Wildman–Crippen MR) is 67.5 cm³/mol. The van der Waals surface area contributed by atoms with Gasteiger partial charge in [0.05, 0.1) is 13.2 Å². The average Bonchev–Trinajstić information content (AvgIpc) is 2.69. The fourth-order valence-electron chi connectivity index (χ4n) is 1.85. The Balaban J connectivity index is 2.12. The highest BCUT2D eigenvalue weighted by atomic mass is 79.9. The van der Waals surface area contributed by atoms with Crippen LogP contribution in [0.3, 0.4) is 0 Å². The van der Waals surface area contributed by atoms with Gasteiger partial charge in [-0.3, -0.25) is 0 Å². The molecule has 0 bridgehead atoms. The molecular weight excluding hydrogens is 309 g/mol. The molecule has 2 aromatic heterocycles. The standard InChI is InChI=1S/C10H9BrClN3O2/c11-10-13-6-5-7(12)17-8(6)9(14-10)15-1-3-16-4-2-15/h5H,1-4H2. The van der Waals surface area contributed by atoms with Crippen LogP contribution in [-0.4, -0.2) is 36.3 Å². The Morgan fingerprint density at radius 3 is 2.82 bits per heavy atom. The summed E-state index contributed by atoms with van der Waals surface area (Å²) in [7, 11) is 0. The molecule has 3 heterocycles. The third-order valence-electron chi connectivity index (χ3n) is 2.61. The number of nitrogens with zero attached hydrogens (tertiary/aromatic N) is 3. The van der Waals surface area contributed by atoms with Crippen LogP contribution in [0.4, 0.5) is 5.82 Å². The summed E-state index contributed by atoms with van der Waals surface area (Å²) in [6.45, 7) is 2.96. The number of furan rings is 1. The SMILES string of the molecule is Clc1cc2nc(Br)nc(N3CCOCC3)c2o1. The summed E-state index contributed by atoms with van der Waals surface area (Å²) in [4.78, 5) is 10.7. The minimum atomic E-state index is 0.321. The molecule has 0 amide bonds. The number of rotatable bonds is 1. The lowest BCUT2D eigenvalue weighted by Gasteiger charge is -2.27. The Labute approximate surface area is 111 Å². The van der Waals surface area contributed by atoms with Crippen LogP contribution in [0.1, 0.15) is 0 Å². The second kappa shape index (κ2) is 4.44. The summed E-state index contributed by atoms with van der Waals surface area (Å²) in [6.07, 6.45) is 0. The number of halogens is 2. The highest BCUT2D eigenvalue weighted by Crippen LogP contribution is 2.30. The lowest BCUT2D eigenvalue weighted by Crippen LogP contribution is -2.36. The number of morpholine rings is 1. The highest BCUT2D eigenvalue weighted by molar-refractivity contribution is 9.10. The van der Waals surface area contributed by atoms with E-state index in [-0.39, 0.29) is 0 Å². The van der Waals surface area contributed by atoms with Crippen LogP contribution in [0, 0.1) is 0 Å². The van der Waals surface area contributed by atoms with Gasteiger partial charge in [-0.1, -0.05) is 0 Å². The van der Waals surface area contributed by atoms with Crippen molar-refractivity contribution in [2.75, 3.05) is 31.2 Å². The van der Waals surface area contributed by atoms with Gasteiger partial charge in [-0.05, 0) is 27.5 Å². The smallest absolute Gasteiger partial charge is 0.199 e. The van der Waals surface area contributed by atoms with Crippen molar-refractivity contribution < 1.29 is 9.15 Å². The second-order valence-electron chi connectivity index (χ2n) is 3.68. The van der Waals surface area contributed by atoms with E-state index in [1.807, 2.05) is 0 Å². The van der Waals surface area contributed by atoms with Crippen LogP contribution >= 0.6 is 27.5 Å². The molecule has 0 aromatic carbocycles. The number of hydrogen-bond acceptors (Lipinski definition) is 5. The Hall–Kier alpha value is -0.850. The molecule has 3 rings (SSSR count). The minimum Gasteiger partial charge on any atom is -0.439 e. The van der Waals surface area contributed by atoms with Gasteiger partial charge < -0.3 is 14.1 Å². The van der Waals surface area contributed by atoms with Crippen LogP contribution in [0.15, 0.2) is 15.2 Å². The van der Waals surface area contributed by atoms with Gasteiger partial charge in [-0.15, -0.1) is 0 Å². The van der Waals surface area contributed by atoms with E-state index in [2.05, 4.69) is 30.8 Å². The second-order valence-corrected chi connectivity index (χ2v) is 4.76. The van der Waals surface area contributed by atoms with Crippen LogP contribution in [0.2, 0.25) is 5.22 Å². The van der Waals surface area contributed by atoms with Crippen molar-refractivity contribution in [3.8, 4) is 0 Å². The molecule has 7 heteroatoms. The third kappa shape index (κ3) is 2.12. The van der Waals surface area contributed by atoms with E-state index >= 15 is 0 Å². The van der Waals surface area contributed by atoms with Crippen molar-refractivity contribution in [1.29, 1.82) is 0 Å². The van der Waals surface area contributed by atoms with Crippen LogP contribution in [-0.2, 0) is 4.74 Å². The molecule has 0 unspecified atom stereocenters. The summed E-state index contributed by atoms with van der Waals surface area (Å²) in [5, 5.41) is 0.321. The lowest BCUT2D eigenvalue weighted by molar-refractivity contribution is 0.122. The molecule has 0 atom stereocenters. The van der Waals surface area contributed by atoms with Crippen molar-refractivity contribution in [1.82, 2.24) is 9.97 Å². The first-order valence-corrected chi connectivity index (χ1v) is 6.36. The largest absolute Gasteiger partial charge is 0.439 e. The quantitative estimate of drug-likeness (QED) is 0.756. The van der Waals surface area contributed by atoms with Crippen molar-refractivity contribution in [3.63, 3.8) is 0 Å². The molecule has 0 spiro atoms. The average molecular weight is 319 g/mol. The van der Waals surface area contributed by atoms with E-state index in [9.17, 15) is 0 Å². The number of anilines is 1. The van der Waals surface area contributed by atoms with Crippen LogP contribution in [0.25, 0.3) is 11.1 Å². The topological polar surface area (TPSA) is 51.4 Å². The van der Waals surface area contributed by atoms with Crippen molar-refractivity contribution in [2.45, 2.75) is 0 Å². The first-order valence-electron chi connectivity index (χ1n) is 5.19. The van der Waals surface area contributed by atoms with Gasteiger partial charge in [0.25, 0.3) is 0 Å². The molecule has 1 aliphatic heterocycles. The zero-order chi connectivity index (χ0) is 11.8. The van der Waals surface area contributed by atoms with E-state index < -0.39 is 0 Å². The van der Waals surface area contributed by atoms with Gasteiger partial charge in [0, 0.05) is 19.2 Å². The number of ether oxygens (including phenoxy) is 1. The molecule has 1 fully saturated rings. The highest BCUT2D eigenvalue weighted by Gasteiger charge is 2.19. The van der Waals surface area contributed by atoms with E-state index in [4.69, 9.17) is 20.8 Å². The van der Waals surface area contributed by atoms with Crippen molar-refractivity contribution in [2.24, 2.45) is 0 Å². The molecular formula is C10H9BrClN3O2. The molecule has 1 aliphatic rings. The first-order chi connectivity index (χ1) is 8.24. The van der Waals surface area contributed by atoms with Crippen molar-refractivity contribution in [3.05, 3.63) is 16.0 Å². The molecule has 17 heavy (non-hydrogen) atoms. The molecule has 0 radical (unpaired) electrons. The summed E-state index contributed by atoms with van der Waals surface area (Å²) < 4.78 is 11.3. The predicted octanol–water partition coefficient (Wildman–Crippen LogP) is 2.48. The van der Waals surface area contributed by atoms with Crippen LogP contribution < -0.4 is 4.90 Å². The van der Waals surface area contributed by atoms with Gasteiger partial charge in [0.2, 0.25) is 0 Å². The Morgan fingerprint density at radius 2 is 2.06 bits per heavy atom. The normalized spacial score (nSPS) is 16.7. The maximum absolute atomic E-state index is 5.85. The summed E-state index contributed by atoms with van der Waals surface area (Å²) in [6, 6.07) is 1.69. The van der Waals surface area contributed by atoms with Gasteiger partial charge in [0.15, 0.2) is 21.4 Å². The van der Waals surface area contributed by atoms with E-state index in [1.54, 1.807) is 6.07 Å². The molecule has 0 N–H and O–H groups in total. The Morgan fingerprint density at radius 1 is 1.29 bits per heavy atom. The molecule has 5 nitrogen and oxygen atoms in total. The minimum absolute atomic E-state index is 0.321. The summed E-state index contributed by atoms with van der Waals surface area (Å²) in [5.74, 6) is 0.761. The Kier molecular flexibility index (Phi) is 2.94. The number of aromatic nitrogens is 2. The third-order valence-corrected chi connectivity index (χ3v) is 3.15. The molecule has 0 aliphatic carbocycles. The zero-order valence-electron chi connectivity index (χ0n) is 8.82. The summed E-state index contributed by atoms with van der Waals surface area (Å²) in [5.41, 5.74) is 1.33. The Bertz CT molecular complexity index is 554. The van der Waals surface area contributed by atoms with E-state index in [0.29, 0.717) is 34.3 Å². The van der Waals surface area contributed by atoms with Crippen molar-refractivity contribution >= 4 is 44.4 Å². The maximum Gasteiger partial charge on any atom is 0.199 e. The van der Waals surface area contributed by atoms with Crippen LogP contribution in [0.5, 0.6) is 0 Å². The molecule has 2 aromatic rings. The zero-order valence-corrected chi connectivity index (χ0v) is 11.2. The first kappa shape index (κ1) is 11.3. The van der Waals surface area contributed by atoms with Gasteiger partial charge in [0.1, 0.15) is 5.52 Å². The van der Waals surface area contributed by atoms with E-state index in [1.165, 1.54) is 0 Å². The molecule has 90 valence electrons. The number of fused-ring (bicyclic) bond motifs is 1. The number of hydrogen-bond donors (Lipinski definition) is 0. The maximum atomic E-state index is 5.85. The summed E-state index contributed by atoms with van der Waals surface area (Å²) >= 11 is 9.15. The molecule has 0 saturated carbocycles. The van der Waals surface area contributed by atoms with Gasteiger partial charge >= 0.3 is 0 Å². The van der Waals surface area contributed by atoms with E-state index in [0.717, 1.165) is 18.9 Å². The molecule has 1 saturated heterocycles.